The van der Waals surface area contributed by atoms with E-state index in [0.29, 0.717) is 25.6 Å². The van der Waals surface area contributed by atoms with Crippen molar-refractivity contribution >= 4 is 11.8 Å². The molecule has 6 heteroatoms. The molecule has 0 aliphatic carbocycles. The van der Waals surface area contributed by atoms with Crippen LogP contribution in [0, 0.1) is 0 Å². The van der Waals surface area contributed by atoms with Gasteiger partial charge in [-0.05, 0) is 49.9 Å². The molecular weight excluding hydrogens is 330 g/mol. The first-order valence-electron chi connectivity index (χ1n) is 9.60. The molecule has 0 aromatic heterocycles. The number of nitrogens with one attached hydrogen (secondary N) is 1. The lowest BCUT2D eigenvalue weighted by Gasteiger charge is -2.24. The summed E-state index contributed by atoms with van der Waals surface area (Å²) in [6.45, 7) is 3.62. The summed E-state index contributed by atoms with van der Waals surface area (Å²) in [5.74, 6) is 1.17. The van der Waals surface area contributed by atoms with Crippen molar-refractivity contribution in [1.82, 2.24) is 15.1 Å². The van der Waals surface area contributed by atoms with Gasteiger partial charge in [-0.15, -0.1) is 0 Å². The Morgan fingerprint density at radius 1 is 1.23 bits per heavy atom. The summed E-state index contributed by atoms with van der Waals surface area (Å²) in [5, 5.41) is 3.00. The van der Waals surface area contributed by atoms with E-state index in [-0.39, 0.29) is 11.8 Å². The van der Waals surface area contributed by atoms with Crippen molar-refractivity contribution in [2.24, 2.45) is 0 Å². The summed E-state index contributed by atoms with van der Waals surface area (Å²) in [7, 11) is 1.67. The zero-order chi connectivity index (χ0) is 18.4. The first-order valence-corrected chi connectivity index (χ1v) is 9.60. The minimum atomic E-state index is 0.0677. The van der Waals surface area contributed by atoms with Gasteiger partial charge in [-0.25, -0.2) is 0 Å². The third-order valence-corrected chi connectivity index (χ3v) is 5.31. The Labute approximate surface area is 155 Å². The van der Waals surface area contributed by atoms with Crippen LogP contribution in [0.4, 0.5) is 0 Å². The monoisotopic (exact) mass is 359 g/mol. The lowest BCUT2D eigenvalue weighted by Crippen LogP contribution is -2.38. The van der Waals surface area contributed by atoms with Crippen molar-refractivity contribution in [3.63, 3.8) is 0 Å². The topological polar surface area (TPSA) is 61.9 Å². The Balaban J connectivity index is 1.41. The Hall–Kier alpha value is -2.08. The lowest BCUT2D eigenvalue weighted by atomic mass is 10.0. The van der Waals surface area contributed by atoms with Crippen molar-refractivity contribution in [3.8, 4) is 5.75 Å². The van der Waals surface area contributed by atoms with Crippen LogP contribution >= 0.6 is 0 Å². The highest BCUT2D eigenvalue weighted by atomic mass is 16.5. The molecule has 6 nitrogen and oxygen atoms in total. The predicted octanol–water partition coefficient (Wildman–Crippen LogP) is 1.96. The average molecular weight is 359 g/mol. The molecule has 0 radical (unpaired) electrons. The van der Waals surface area contributed by atoms with Crippen molar-refractivity contribution in [2.75, 3.05) is 39.8 Å². The summed E-state index contributed by atoms with van der Waals surface area (Å²) in [6, 6.07) is 8.44. The number of ether oxygens (including phenoxy) is 1. The lowest BCUT2D eigenvalue weighted by molar-refractivity contribution is -0.127. The van der Waals surface area contributed by atoms with Crippen LogP contribution < -0.4 is 10.1 Å². The molecule has 2 amide bonds. The highest BCUT2D eigenvalue weighted by Gasteiger charge is 2.27. The molecule has 1 N–H and O–H groups in total. The third-order valence-electron chi connectivity index (χ3n) is 5.31. The van der Waals surface area contributed by atoms with E-state index >= 15 is 0 Å². The van der Waals surface area contributed by atoms with E-state index in [1.807, 2.05) is 17.0 Å². The highest BCUT2D eigenvalue weighted by molar-refractivity contribution is 5.78. The highest BCUT2D eigenvalue weighted by Crippen LogP contribution is 2.32. The second-order valence-corrected chi connectivity index (χ2v) is 7.09. The average Bonchev–Trinajstić information content (AvgIpc) is 3.28. The fourth-order valence-corrected chi connectivity index (χ4v) is 3.90. The molecule has 1 aromatic rings. The summed E-state index contributed by atoms with van der Waals surface area (Å²) in [5.41, 5.74) is 1.24. The number of hydrogen-bond donors (Lipinski definition) is 1. The first-order chi connectivity index (χ1) is 12.7. The predicted molar refractivity (Wildman–Crippen MR) is 100.0 cm³/mol. The normalized spacial score (nSPS) is 20.6. The molecule has 2 heterocycles. The molecule has 3 rings (SSSR count). The van der Waals surface area contributed by atoms with Gasteiger partial charge >= 0.3 is 0 Å². The Morgan fingerprint density at radius 2 is 2.04 bits per heavy atom. The van der Waals surface area contributed by atoms with E-state index < -0.39 is 0 Å². The minimum absolute atomic E-state index is 0.0677. The van der Waals surface area contributed by atoms with Crippen LogP contribution in [0.5, 0.6) is 5.75 Å². The SMILES string of the molecule is COc1ccc(C2CCCN2CC(=O)NCCCN2CCCC2=O)cc1. The fraction of sp³-hybridized carbons (Fsp3) is 0.600. The molecule has 26 heavy (non-hydrogen) atoms. The van der Waals surface area contributed by atoms with Gasteiger partial charge in [0.15, 0.2) is 0 Å². The maximum atomic E-state index is 12.3. The van der Waals surface area contributed by atoms with E-state index in [0.717, 1.165) is 51.1 Å². The van der Waals surface area contributed by atoms with Crippen molar-refractivity contribution in [3.05, 3.63) is 29.8 Å². The number of carbonyl (C=O) groups is 2. The van der Waals surface area contributed by atoms with E-state index in [4.69, 9.17) is 4.74 Å². The molecule has 0 bridgehead atoms. The van der Waals surface area contributed by atoms with Crippen LogP contribution in [0.3, 0.4) is 0 Å². The Morgan fingerprint density at radius 3 is 2.73 bits per heavy atom. The molecular formula is C20H29N3O3. The summed E-state index contributed by atoms with van der Waals surface area (Å²) < 4.78 is 5.22. The zero-order valence-corrected chi connectivity index (χ0v) is 15.6. The van der Waals surface area contributed by atoms with Gasteiger partial charge in [0.05, 0.1) is 13.7 Å². The standard InChI is InChI=1S/C20H29N3O3/c1-26-17-9-7-16(8-10-17)18-5-2-13-23(18)15-19(24)21-11-4-14-22-12-3-6-20(22)25/h7-10,18H,2-6,11-15H2,1H3,(H,21,24). The van der Waals surface area contributed by atoms with Gasteiger partial charge in [0.2, 0.25) is 11.8 Å². The number of hydrogen-bond acceptors (Lipinski definition) is 4. The molecule has 0 spiro atoms. The van der Waals surface area contributed by atoms with Crippen LogP contribution in [0.2, 0.25) is 0 Å². The number of amides is 2. The molecule has 1 unspecified atom stereocenters. The number of likely N-dealkylation sites (tertiary alicyclic amines) is 2. The van der Waals surface area contributed by atoms with Crippen LogP contribution in [0.25, 0.3) is 0 Å². The fourth-order valence-electron chi connectivity index (χ4n) is 3.90. The van der Waals surface area contributed by atoms with Crippen molar-refractivity contribution in [1.29, 1.82) is 0 Å². The zero-order valence-electron chi connectivity index (χ0n) is 15.6. The van der Waals surface area contributed by atoms with Gasteiger partial charge in [-0.1, -0.05) is 12.1 Å². The molecule has 0 saturated carbocycles. The number of rotatable bonds is 8. The van der Waals surface area contributed by atoms with Crippen LogP contribution in [-0.4, -0.2) is 61.4 Å². The summed E-state index contributed by atoms with van der Waals surface area (Å²) >= 11 is 0. The van der Waals surface area contributed by atoms with Crippen LogP contribution in [0.15, 0.2) is 24.3 Å². The Kier molecular flexibility index (Phi) is 6.50. The number of benzene rings is 1. The van der Waals surface area contributed by atoms with Crippen molar-refractivity contribution < 1.29 is 14.3 Å². The summed E-state index contributed by atoms with van der Waals surface area (Å²) in [6.07, 6.45) is 4.65. The van der Waals surface area contributed by atoms with Gasteiger partial charge in [-0.2, -0.15) is 0 Å². The number of nitrogens with zero attached hydrogens (tertiary/aromatic N) is 2. The second kappa shape index (κ2) is 9.03. The van der Waals surface area contributed by atoms with Crippen LogP contribution in [-0.2, 0) is 9.59 Å². The number of methoxy groups -OCH3 is 1. The first kappa shape index (κ1) is 18.7. The van der Waals surface area contributed by atoms with E-state index in [9.17, 15) is 9.59 Å². The van der Waals surface area contributed by atoms with E-state index in [1.165, 1.54) is 5.56 Å². The molecule has 142 valence electrons. The largest absolute Gasteiger partial charge is 0.497 e. The van der Waals surface area contributed by atoms with Gasteiger partial charge in [-0.3, -0.25) is 14.5 Å². The molecule has 2 fully saturated rings. The van der Waals surface area contributed by atoms with Gasteiger partial charge in [0.25, 0.3) is 0 Å². The van der Waals surface area contributed by atoms with E-state index in [2.05, 4.69) is 22.3 Å². The van der Waals surface area contributed by atoms with Crippen molar-refractivity contribution in [2.45, 2.75) is 38.1 Å². The van der Waals surface area contributed by atoms with Crippen LogP contribution in [0.1, 0.15) is 43.7 Å². The maximum Gasteiger partial charge on any atom is 0.234 e. The minimum Gasteiger partial charge on any atom is -0.497 e. The summed E-state index contributed by atoms with van der Waals surface area (Å²) in [4.78, 5) is 28.0. The quantitative estimate of drug-likeness (QED) is 0.721. The second-order valence-electron chi connectivity index (χ2n) is 7.09. The smallest absolute Gasteiger partial charge is 0.234 e. The molecule has 2 saturated heterocycles. The third kappa shape index (κ3) is 4.75. The number of carbonyl (C=O) groups excluding carboxylic acids is 2. The molecule has 1 atom stereocenters. The molecule has 2 aliphatic heterocycles. The molecule has 2 aliphatic rings. The Bertz CT molecular complexity index is 617. The van der Waals surface area contributed by atoms with Gasteiger partial charge in [0, 0.05) is 32.1 Å². The van der Waals surface area contributed by atoms with E-state index in [1.54, 1.807) is 7.11 Å². The van der Waals surface area contributed by atoms with Gasteiger partial charge < -0.3 is 15.0 Å². The maximum absolute atomic E-state index is 12.3. The molecule has 1 aromatic carbocycles. The van der Waals surface area contributed by atoms with Gasteiger partial charge in [0.1, 0.15) is 5.75 Å².